The average Bonchev–Trinajstić information content (AvgIpc) is 3.48. The summed E-state index contributed by atoms with van der Waals surface area (Å²) in [5.41, 5.74) is 3.60. The summed E-state index contributed by atoms with van der Waals surface area (Å²) < 4.78 is 6.83. The first kappa shape index (κ1) is 21.5. The van der Waals surface area contributed by atoms with E-state index in [-0.39, 0.29) is 17.6 Å². The summed E-state index contributed by atoms with van der Waals surface area (Å²) in [5, 5.41) is 15.8. The lowest BCUT2D eigenvalue weighted by Gasteiger charge is -2.08. The fourth-order valence-electron chi connectivity index (χ4n) is 3.51. The van der Waals surface area contributed by atoms with E-state index in [0.29, 0.717) is 22.3 Å². The first-order valence-corrected chi connectivity index (χ1v) is 12.0. The second-order valence-corrected chi connectivity index (χ2v) is 9.06. The number of thioether (sulfide) groups is 1. The number of thiophene rings is 1. The minimum atomic E-state index is -0.371. The van der Waals surface area contributed by atoms with Gasteiger partial charge in [0.2, 0.25) is 11.1 Å². The minimum absolute atomic E-state index is 0.123. The molecule has 0 bridgehead atoms. The van der Waals surface area contributed by atoms with Crippen molar-refractivity contribution in [1.29, 1.82) is 0 Å². The van der Waals surface area contributed by atoms with Crippen LogP contribution in [0.4, 0.5) is 5.00 Å². The van der Waals surface area contributed by atoms with Crippen molar-refractivity contribution < 1.29 is 14.3 Å². The van der Waals surface area contributed by atoms with Crippen molar-refractivity contribution in [1.82, 2.24) is 20.2 Å². The fraction of sp³-hybridized carbons (Fsp3) is 0.381. The first-order valence-electron chi connectivity index (χ1n) is 10.2. The molecule has 1 aliphatic rings. The third kappa shape index (κ3) is 4.64. The summed E-state index contributed by atoms with van der Waals surface area (Å²) in [6.07, 6.45) is 3.76. The molecule has 2 aromatic heterocycles. The van der Waals surface area contributed by atoms with Crippen LogP contribution in [0.25, 0.3) is 5.69 Å². The lowest BCUT2D eigenvalue weighted by atomic mass is 10.1. The van der Waals surface area contributed by atoms with E-state index in [4.69, 9.17) is 4.74 Å². The number of rotatable bonds is 8. The topological polar surface area (TPSA) is 99.0 Å². The number of hydrogen-bond donors (Lipinski definition) is 1. The number of carbonyl (C=O) groups is 2. The van der Waals surface area contributed by atoms with Gasteiger partial charge in [-0.15, -0.1) is 16.4 Å². The molecular formula is C21H23N5O3S2. The van der Waals surface area contributed by atoms with Gasteiger partial charge in [0.15, 0.2) is 0 Å². The molecule has 2 heterocycles. The van der Waals surface area contributed by atoms with Crippen molar-refractivity contribution in [2.24, 2.45) is 0 Å². The molecule has 0 fully saturated rings. The number of nitrogens with one attached hydrogen (secondary N) is 1. The van der Waals surface area contributed by atoms with Gasteiger partial charge in [0, 0.05) is 4.88 Å². The van der Waals surface area contributed by atoms with Crippen molar-refractivity contribution in [3.63, 3.8) is 0 Å². The van der Waals surface area contributed by atoms with Crippen LogP contribution in [0.15, 0.2) is 29.4 Å². The fourth-order valence-corrected chi connectivity index (χ4v) is 5.49. The molecule has 0 spiro atoms. The van der Waals surface area contributed by atoms with Crippen LogP contribution in [-0.4, -0.2) is 44.4 Å². The van der Waals surface area contributed by atoms with Gasteiger partial charge in [-0.3, -0.25) is 4.79 Å². The summed E-state index contributed by atoms with van der Waals surface area (Å²) in [6.45, 7) is 4.18. The highest BCUT2D eigenvalue weighted by molar-refractivity contribution is 7.99. The predicted molar refractivity (Wildman–Crippen MR) is 120 cm³/mol. The van der Waals surface area contributed by atoms with Gasteiger partial charge < -0.3 is 10.1 Å². The Balaban J connectivity index is 1.44. The average molecular weight is 458 g/mol. The Morgan fingerprint density at radius 1 is 1.23 bits per heavy atom. The molecule has 0 radical (unpaired) electrons. The third-order valence-corrected chi connectivity index (χ3v) is 7.14. The molecule has 1 aliphatic carbocycles. The van der Waals surface area contributed by atoms with Gasteiger partial charge in [0.25, 0.3) is 0 Å². The SMILES string of the molecule is CCOC(=O)c1c(NC(=O)CSc2nnnn2-c2ccc(CC)cc2)sc2c1CCC2. The van der Waals surface area contributed by atoms with Gasteiger partial charge in [0.1, 0.15) is 5.00 Å². The van der Waals surface area contributed by atoms with E-state index < -0.39 is 0 Å². The minimum Gasteiger partial charge on any atom is -0.462 e. The van der Waals surface area contributed by atoms with E-state index in [1.807, 2.05) is 24.3 Å². The van der Waals surface area contributed by atoms with E-state index in [1.54, 1.807) is 11.6 Å². The molecule has 1 aromatic carbocycles. The Morgan fingerprint density at radius 2 is 2.03 bits per heavy atom. The maximum Gasteiger partial charge on any atom is 0.341 e. The summed E-state index contributed by atoms with van der Waals surface area (Å²) in [4.78, 5) is 26.3. The number of anilines is 1. The molecule has 8 nitrogen and oxygen atoms in total. The molecule has 1 N–H and O–H groups in total. The van der Waals surface area contributed by atoms with Crippen molar-refractivity contribution >= 4 is 40.0 Å². The Hall–Kier alpha value is -2.72. The van der Waals surface area contributed by atoms with Crippen LogP contribution >= 0.6 is 23.1 Å². The van der Waals surface area contributed by atoms with Gasteiger partial charge in [-0.25, -0.2) is 4.79 Å². The number of benzene rings is 1. The van der Waals surface area contributed by atoms with E-state index in [1.165, 1.54) is 28.7 Å². The summed E-state index contributed by atoms with van der Waals surface area (Å²) in [7, 11) is 0. The Labute approximate surface area is 188 Å². The molecule has 0 unspecified atom stereocenters. The maximum absolute atomic E-state index is 12.6. The molecule has 31 heavy (non-hydrogen) atoms. The zero-order valence-electron chi connectivity index (χ0n) is 17.4. The van der Waals surface area contributed by atoms with Crippen LogP contribution in [0.5, 0.6) is 0 Å². The number of carbonyl (C=O) groups excluding carboxylic acids is 2. The Bertz CT molecular complexity index is 1090. The second-order valence-electron chi connectivity index (χ2n) is 7.01. The highest BCUT2D eigenvalue weighted by atomic mass is 32.2. The number of tetrazole rings is 1. The molecular weight excluding hydrogens is 434 g/mol. The van der Waals surface area contributed by atoms with Crippen molar-refractivity contribution in [2.75, 3.05) is 17.7 Å². The number of ether oxygens (including phenoxy) is 1. The van der Waals surface area contributed by atoms with Crippen LogP contribution in [-0.2, 0) is 28.8 Å². The smallest absolute Gasteiger partial charge is 0.341 e. The second kappa shape index (κ2) is 9.61. The van der Waals surface area contributed by atoms with E-state index >= 15 is 0 Å². The number of esters is 1. The Kier molecular flexibility index (Phi) is 6.67. The third-order valence-electron chi connectivity index (χ3n) is 5.02. The monoisotopic (exact) mass is 457 g/mol. The zero-order chi connectivity index (χ0) is 21.8. The predicted octanol–water partition coefficient (Wildman–Crippen LogP) is 3.68. The largest absolute Gasteiger partial charge is 0.462 e. The van der Waals surface area contributed by atoms with E-state index in [0.717, 1.165) is 41.8 Å². The molecule has 0 aliphatic heterocycles. The Morgan fingerprint density at radius 3 is 2.77 bits per heavy atom. The molecule has 3 aromatic rings. The molecule has 0 saturated carbocycles. The van der Waals surface area contributed by atoms with Gasteiger partial charge in [0.05, 0.1) is 23.6 Å². The van der Waals surface area contributed by atoms with Crippen LogP contribution in [0, 0.1) is 0 Å². The van der Waals surface area contributed by atoms with Gasteiger partial charge >= 0.3 is 5.97 Å². The van der Waals surface area contributed by atoms with Gasteiger partial charge in [-0.1, -0.05) is 30.8 Å². The molecule has 10 heteroatoms. The zero-order valence-corrected chi connectivity index (χ0v) is 19.0. The molecule has 4 rings (SSSR count). The van der Waals surface area contributed by atoms with Crippen molar-refractivity contribution in [3.05, 3.63) is 45.8 Å². The van der Waals surface area contributed by atoms with E-state index in [9.17, 15) is 9.59 Å². The summed E-state index contributed by atoms with van der Waals surface area (Å²) in [6, 6.07) is 7.98. The van der Waals surface area contributed by atoms with Crippen LogP contribution < -0.4 is 5.32 Å². The normalized spacial score (nSPS) is 12.6. The number of amides is 1. The van der Waals surface area contributed by atoms with Gasteiger partial charge in [-0.05, 0) is 66.3 Å². The summed E-state index contributed by atoms with van der Waals surface area (Å²) in [5.74, 6) is -0.464. The summed E-state index contributed by atoms with van der Waals surface area (Å²) >= 11 is 2.71. The quantitative estimate of drug-likeness (QED) is 0.407. The van der Waals surface area contributed by atoms with E-state index in [2.05, 4.69) is 27.8 Å². The van der Waals surface area contributed by atoms with Crippen molar-refractivity contribution in [3.8, 4) is 5.69 Å². The standard InChI is InChI=1S/C21H23N5O3S2/c1-3-13-8-10-14(11-9-13)26-21(23-24-25-26)30-12-17(27)22-19-18(20(28)29-4-2)15-6-5-7-16(15)31-19/h8-11H,3-7,12H2,1-2H3,(H,22,27). The highest BCUT2D eigenvalue weighted by Gasteiger charge is 2.28. The number of aromatic nitrogens is 4. The van der Waals surface area contributed by atoms with Crippen LogP contribution in [0.1, 0.15) is 46.6 Å². The first-order chi connectivity index (χ1) is 15.1. The molecule has 162 valence electrons. The molecule has 0 atom stereocenters. The number of nitrogens with zero attached hydrogens (tertiary/aromatic N) is 4. The van der Waals surface area contributed by atoms with Crippen LogP contribution in [0.2, 0.25) is 0 Å². The number of fused-ring (bicyclic) bond motifs is 1. The maximum atomic E-state index is 12.6. The molecule has 1 amide bonds. The van der Waals surface area contributed by atoms with Crippen molar-refractivity contribution in [2.45, 2.75) is 44.7 Å². The number of hydrogen-bond acceptors (Lipinski definition) is 8. The lowest BCUT2D eigenvalue weighted by molar-refractivity contribution is -0.113. The molecule has 0 saturated heterocycles. The lowest BCUT2D eigenvalue weighted by Crippen LogP contribution is -2.17. The van der Waals surface area contributed by atoms with Gasteiger partial charge in [-0.2, -0.15) is 4.68 Å². The highest BCUT2D eigenvalue weighted by Crippen LogP contribution is 2.39. The van der Waals surface area contributed by atoms with Crippen LogP contribution in [0.3, 0.4) is 0 Å². The number of aryl methyl sites for hydroxylation is 2.